The number of hydrogen-bond acceptors (Lipinski definition) is 5. The summed E-state index contributed by atoms with van der Waals surface area (Å²) in [6.45, 7) is 6.92. The van der Waals surface area contributed by atoms with Gasteiger partial charge < -0.3 is 14.6 Å². The van der Waals surface area contributed by atoms with Gasteiger partial charge >= 0.3 is 0 Å². The maximum Gasteiger partial charge on any atom is 0.231 e. The molecule has 0 saturated carbocycles. The first-order chi connectivity index (χ1) is 9.72. The Kier molecular flexibility index (Phi) is 3.82. The third-order valence-electron chi connectivity index (χ3n) is 5.03. The van der Waals surface area contributed by atoms with Crippen LogP contribution in [0, 0.1) is 0 Å². The largest absolute Gasteiger partial charge is 0.367 e. The summed E-state index contributed by atoms with van der Waals surface area (Å²) in [5.41, 5.74) is -0.387. The molecule has 2 aliphatic heterocycles. The maximum atomic E-state index is 5.95. The number of nitrogens with zero attached hydrogens (tertiary/aromatic N) is 2. The molecule has 5 heteroatoms. The Morgan fingerprint density at radius 3 is 2.65 bits per heavy atom. The van der Waals surface area contributed by atoms with Crippen LogP contribution in [0.25, 0.3) is 0 Å². The fourth-order valence-electron chi connectivity index (χ4n) is 3.78. The van der Waals surface area contributed by atoms with Crippen LogP contribution in [0.4, 0.5) is 0 Å². The minimum absolute atomic E-state index is 0.387. The second-order valence-electron chi connectivity index (χ2n) is 5.98. The molecule has 0 aromatic carbocycles. The fraction of sp³-hybridized carbons (Fsp3) is 0.867. The van der Waals surface area contributed by atoms with Crippen LogP contribution in [0.1, 0.15) is 70.5 Å². The third kappa shape index (κ3) is 2.17. The van der Waals surface area contributed by atoms with Gasteiger partial charge in [-0.15, -0.1) is 0 Å². The first kappa shape index (κ1) is 14.0. The van der Waals surface area contributed by atoms with Gasteiger partial charge in [0.2, 0.25) is 11.7 Å². The fourth-order valence-corrected chi connectivity index (χ4v) is 3.78. The highest BCUT2D eigenvalue weighted by Crippen LogP contribution is 2.40. The van der Waals surface area contributed by atoms with Gasteiger partial charge in [0, 0.05) is 18.7 Å². The van der Waals surface area contributed by atoms with Crippen LogP contribution in [0.15, 0.2) is 4.52 Å². The highest BCUT2D eigenvalue weighted by Gasteiger charge is 2.44. The molecule has 20 heavy (non-hydrogen) atoms. The Morgan fingerprint density at radius 1 is 1.30 bits per heavy atom. The summed E-state index contributed by atoms with van der Waals surface area (Å²) in [5.74, 6) is 1.91. The van der Waals surface area contributed by atoms with Crippen LogP contribution in [0.3, 0.4) is 0 Å². The van der Waals surface area contributed by atoms with Gasteiger partial charge in [-0.1, -0.05) is 19.0 Å². The predicted octanol–water partition coefficient (Wildman–Crippen LogP) is 2.73. The zero-order valence-corrected chi connectivity index (χ0v) is 12.7. The van der Waals surface area contributed by atoms with Crippen LogP contribution in [0.5, 0.6) is 0 Å². The van der Waals surface area contributed by atoms with E-state index in [1.165, 1.54) is 12.8 Å². The van der Waals surface area contributed by atoms with Crippen molar-refractivity contribution in [3.63, 3.8) is 0 Å². The lowest BCUT2D eigenvalue weighted by molar-refractivity contribution is -0.0583. The molecule has 3 heterocycles. The molecular weight excluding hydrogens is 254 g/mol. The summed E-state index contributed by atoms with van der Waals surface area (Å²) in [6, 6.07) is 1.17. The van der Waals surface area contributed by atoms with E-state index in [1.54, 1.807) is 0 Å². The van der Waals surface area contributed by atoms with Gasteiger partial charge in [0.05, 0.1) is 5.92 Å². The molecular formula is C15H25N3O2. The number of nitrogens with one attached hydrogen (secondary N) is 1. The molecule has 0 aliphatic carbocycles. The normalized spacial score (nSPS) is 29.2. The lowest BCUT2D eigenvalue weighted by atomic mass is 9.89. The van der Waals surface area contributed by atoms with E-state index in [0.29, 0.717) is 24.6 Å². The number of fused-ring (bicyclic) bond motifs is 2. The van der Waals surface area contributed by atoms with Crippen LogP contribution in [-0.2, 0) is 10.3 Å². The molecule has 0 amide bonds. The summed E-state index contributed by atoms with van der Waals surface area (Å²) < 4.78 is 11.5. The summed E-state index contributed by atoms with van der Waals surface area (Å²) in [6.07, 6.45) is 5.38. The third-order valence-corrected chi connectivity index (χ3v) is 5.03. The molecule has 3 unspecified atom stereocenters. The molecule has 2 bridgehead atoms. The van der Waals surface area contributed by atoms with Gasteiger partial charge in [0.25, 0.3) is 0 Å². The van der Waals surface area contributed by atoms with Gasteiger partial charge in [-0.25, -0.2) is 0 Å². The molecule has 1 aromatic heterocycles. The number of ether oxygens (including phenoxy) is 1. The second-order valence-corrected chi connectivity index (χ2v) is 5.98. The standard InChI is InChI=1S/C15H25N3O2/c1-4-15(5-2,19-6-3)14-17-13(20-18-14)11-9-10-7-8-12(11)16-10/h10-12,16H,4-9H2,1-3H3. The number of hydrogen-bond donors (Lipinski definition) is 1. The van der Waals surface area contributed by atoms with E-state index >= 15 is 0 Å². The van der Waals surface area contributed by atoms with Crippen molar-refractivity contribution in [1.29, 1.82) is 0 Å². The van der Waals surface area contributed by atoms with Crippen LogP contribution in [0.2, 0.25) is 0 Å². The molecule has 1 N–H and O–H groups in total. The van der Waals surface area contributed by atoms with Crippen molar-refractivity contribution < 1.29 is 9.26 Å². The van der Waals surface area contributed by atoms with Crippen molar-refractivity contribution in [2.24, 2.45) is 0 Å². The first-order valence-electron chi connectivity index (χ1n) is 7.96. The molecule has 0 radical (unpaired) electrons. The first-order valence-corrected chi connectivity index (χ1v) is 7.96. The molecule has 5 nitrogen and oxygen atoms in total. The van der Waals surface area contributed by atoms with Crippen molar-refractivity contribution in [2.75, 3.05) is 6.61 Å². The van der Waals surface area contributed by atoms with Crippen molar-refractivity contribution in [3.05, 3.63) is 11.7 Å². The van der Waals surface area contributed by atoms with Crippen molar-refractivity contribution in [3.8, 4) is 0 Å². The molecule has 112 valence electrons. The molecule has 1 aromatic rings. The minimum atomic E-state index is -0.387. The Morgan fingerprint density at radius 2 is 2.10 bits per heavy atom. The molecule has 3 atom stereocenters. The average molecular weight is 279 g/mol. The molecule has 3 rings (SSSR count). The van der Waals surface area contributed by atoms with Gasteiger partial charge in [-0.3, -0.25) is 0 Å². The maximum absolute atomic E-state index is 5.95. The predicted molar refractivity (Wildman–Crippen MR) is 75.5 cm³/mol. The zero-order valence-electron chi connectivity index (χ0n) is 12.7. The van der Waals surface area contributed by atoms with Crippen molar-refractivity contribution in [1.82, 2.24) is 15.5 Å². The lowest BCUT2D eigenvalue weighted by Crippen LogP contribution is -2.30. The lowest BCUT2D eigenvalue weighted by Gasteiger charge is -2.27. The zero-order chi connectivity index (χ0) is 14.2. The van der Waals surface area contributed by atoms with E-state index in [-0.39, 0.29) is 5.60 Å². The Labute approximate surface area is 120 Å². The highest BCUT2D eigenvalue weighted by molar-refractivity contribution is 5.12. The molecule has 2 aliphatic rings. The van der Waals surface area contributed by atoms with E-state index in [0.717, 1.165) is 31.0 Å². The summed E-state index contributed by atoms with van der Waals surface area (Å²) in [7, 11) is 0. The van der Waals surface area contributed by atoms with Crippen LogP contribution in [-0.4, -0.2) is 28.8 Å². The summed E-state index contributed by atoms with van der Waals surface area (Å²) in [5, 5.41) is 7.86. The quantitative estimate of drug-likeness (QED) is 0.867. The number of rotatable bonds is 6. The Bertz CT molecular complexity index is 456. The van der Waals surface area contributed by atoms with E-state index in [9.17, 15) is 0 Å². The Hall–Kier alpha value is -0.940. The highest BCUT2D eigenvalue weighted by atomic mass is 16.5. The van der Waals surface area contributed by atoms with E-state index < -0.39 is 0 Å². The van der Waals surface area contributed by atoms with Gasteiger partial charge in [-0.2, -0.15) is 4.98 Å². The van der Waals surface area contributed by atoms with Gasteiger partial charge in [0.15, 0.2) is 0 Å². The van der Waals surface area contributed by atoms with Crippen LogP contribution >= 0.6 is 0 Å². The minimum Gasteiger partial charge on any atom is -0.367 e. The SMILES string of the molecule is CCOC(CC)(CC)c1noc(C2CC3CCC2N3)n1. The Balaban J connectivity index is 1.82. The molecule has 0 spiro atoms. The average Bonchev–Trinajstić information content (AvgIpc) is 3.19. The van der Waals surface area contributed by atoms with Gasteiger partial charge in [0.1, 0.15) is 5.60 Å². The molecule has 2 saturated heterocycles. The molecule has 2 fully saturated rings. The summed E-state index contributed by atoms with van der Waals surface area (Å²) in [4.78, 5) is 4.70. The number of aromatic nitrogens is 2. The van der Waals surface area contributed by atoms with Crippen molar-refractivity contribution >= 4 is 0 Å². The monoisotopic (exact) mass is 279 g/mol. The second kappa shape index (κ2) is 5.45. The topological polar surface area (TPSA) is 60.2 Å². The van der Waals surface area contributed by atoms with E-state index in [1.807, 2.05) is 6.92 Å². The van der Waals surface area contributed by atoms with Gasteiger partial charge in [-0.05, 0) is 39.0 Å². The smallest absolute Gasteiger partial charge is 0.231 e. The van der Waals surface area contributed by atoms with E-state index in [4.69, 9.17) is 14.2 Å². The summed E-state index contributed by atoms with van der Waals surface area (Å²) >= 11 is 0. The van der Waals surface area contributed by atoms with E-state index in [2.05, 4.69) is 24.3 Å². The van der Waals surface area contributed by atoms with Crippen molar-refractivity contribution in [2.45, 2.75) is 76.5 Å². The van der Waals surface area contributed by atoms with Crippen LogP contribution < -0.4 is 5.32 Å².